The molecule has 2 nitrogen and oxygen atoms in total. The van der Waals surface area contributed by atoms with Crippen molar-refractivity contribution in [2.24, 2.45) is 0 Å². The summed E-state index contributed by atoms with van der Waals surface area (Å²) in [7, 11) is 2.26. The molecule has 86 valence electrons. The first-order valence-electron chi connectivity index (χ1n) is 5.94. The topological polar surface area (TPSA) is 15.3 Å². The molecule has 0 saturated carbocycles. The Balaban J connectivity index is 2.13. The first-order chi connectivity index (χ1) is 7.74. The molecule has 0 aromatic heterocycles. The average molecular weight is 281 g/mol. The van der Waals surface area contributed by atoms with Crippen molar-refractivity contribution in [3.05, 3.63) is 33.8 Å². The van der Waals surface area contributed by atoms with Gasteiger partial charge in [0.15, 0.2) is 0 Å². The number of hydrogen-bond acceptors (Lipinski definition) is 2. The zero-order valence-corrected chi connectivity index (χ0v) is 11.2. The van der Waals surface area contributed by atoms with Crippen molar-refractivity contribution in [1.29, 1.82) is 0 Å². The van der Waals surface area contributed by atoms with Gasteiger partial charge in [0.25, 0.3) is 0 Å². The van der Waals surface area contributed by atoms with E-state index in [4.69, 9.17) is 0 Å². The molecule has 0 aliphatic carbocycles. The summed E-state index contributed by atoms with van der Waals surface area (Å²) >= 11 is 3.74. The van der Waals surface area contributed by atoms with E-state index in [-0.39, 0.29) is 5.54 Å². The number of hydrogen-bond donors (Lipinski definition) is 1. The summed E-state index contributed by atoms with van der Waals surface area (Å²) in [6, 6.07) is 6.60. The van der Waals surface area contributed by atoms with E-state index < -0.39 is 0 Å². The largest absolute Gasteiger partial charge is 0.317 e. The van der Waals surface area contributed by atoms with Gasteiger partial charge in [-0.05, 0) is 50.2 Å². The standard InChI is InChI=1S/C13H17BrN2/c1-16-9-10-3-2-4-11(14)12(10)13(16)5-7-15-8-6-13/h2-4,15H,5-9H2,1H3. The van der Waals surface area contributed by atoms with Crippen LogP contribution in [-0.4, -0.2) is 25.0 Å². The molecule has 1 saturated heterocycles. The Bertz CT molecular complexity index is 410. The number of piperidine rings is 1. The second kappa shape index (κ2) is 3.83. The lowest BCUT2D eigenvalue weighted by Gasteiger charge is -2.41. The van der Waals surface area contributed by atoms with Gasteiger partial charge in [0.05, 0.1) is 0 Å². The van der Waals surface area contributed by atoms with Crippen LogP contribution in [0.25, 0.3) is 0 Å². The first-order valence-corrected chi connectivity index (χ1v) is 6.73. The number of nitrogens with zero attached hydrogens (tertiary/aromatic N) is 1. The van der Waals surface area contributed by atoms with E-state index in [1.807, 2.05) is 0 Å². The van der Waals surface area contributed by atoms with Crippen LogP contribution in [0.2, 0.25) is 0 Å². The van der Waals surface area contributed by atoms with Crippen molar-refractivity contribution in [1.82, 2.24) is 10.2 Å². The molecule has 2 aliphatic rings. The Labute approximate surface area is 105 Å². The van der Waals surface area contributed by atoms with Crippen molar-refractivity contribution in [2.45, 2.75) is 24.9 Å². The van der Waals surface area contributed by atoms with Crippen LogP contribution >= 0.6 is 15.9 Å². The molecule has 2 aliphatic heterocycles. The molecular weight excluding hydrogens is 264 g/mol. The highest BCUT2D eigenvalue weighted by Crippen LogP contribution is 2.47. The second-order valence-corrected chi connectivity index (χ2v) is 5.77. The average Bonchev–Trinajstić information content (AvgIpc) is 2.55. The van der Waals surface area contributed by atoms with Crippen molar-refractivity contribution in [3.8, 4) is 0 Å². The normalized spacial score (nSPS) is 23.6. The molecule has 0 unspecified atom stereocenters. The molecule has 3 heteroatoms. The monoisotopic (exact) mass is 280 g/mol. The number of nitrogens with one attached hydrogen (secondary N) is 1. The van der Waals surface area contributed by atoms with Crippen LogP contribution < -0.4 is 5.32 Å². The van der Waals surface area contributed by atoms with Gasteiger partial charge in [-0.2, -0.15) is 0 Å². The third kappa shape index (κ3) is 1.38. The zero-order valence-electron chi connectivity index (χ0n) is 9.59. The lowest BCUT2D eigenvalue weighted by atomic mass is 9.81. The molecule has 2 heterocycles. The molecule has 1 aromatic carbocycles. The molecule has 0 bridgehead atoms. The van der Waals surface area contributed by atoms with Gasteiger partial charge in [-0.25, -0.2) is 0 Å². The molecular formula is C13H17BrN2. The highest BCUT2D eigenvalue weighted by Gasteiger charge is 2.44. The molecule has 0 amide bonds. The predicted octanol–water partition coefficient (Wildman–Crippen LogP) is 2.47. The van der Waals surface area contributed by atoms with Crippen molar-refractivity contribution < 1.29 is 0 Å². The Hall–Kier alpha value is -0.380. The first kappa shape index (κ1) is 10.8. The third-order valence-electron chi connectivity index (χ3n) is 4.13. The molecule has 0 atom stereocenters. The SMILES string of the molecule is CN1Cc2cccc(Br)c2C12CCNCC2. The van der Waals surface area contributed by atoms with Crippen LogP contribution in [0.3, 0.4) is 0 Å². The quantitative estimate of drug-likeness (QED) is 0.786. The summed E-state index contributed by atoms with van der Waals surface area (Å²) in [6.07, 6.45) is 2.44. The highest BCUT2D eigenvalue weighted by molar-refractivity contribution is 9.10. The van der Waals surface area contributed by atoms with E-state index in [2.05, 4.69) is 51.4 Å². The minimum Gasteiger partial charge on any atom is -0.317 e. The van der Waals surface area contributed by atoms with E-state index in [0.29, 0.717) is 0 Å². The maximum absolute atomic E-state index is 3.74. The summed E-state index contributed by atoms with van der Waals surface area (Å²) in [5.74, 6) is 0. The van der Waals surface area contributed by atoms with Crippen molar-refractivity contribution in [3.63, 3.8) is 0 Å². The van der Waals surface area contributed by atoms with E-state index in [9.17, 15) is 0 Å². The maximum Gasteiger partial charge on any atom is 0.0499 e. The van der Waals surface area contributed by atoms with Crippen LogP contribution in [0.4, 0.5) is 0 Å². The lowest BCUT2D eigenvalue weighted by Crippen LogP contribution is -2.47. The van der Waals surface area contributed by atoms with Crippen LogP contribution in [0, 0.1) is 0 Å². The molecule has 3 rings (SSSR count). The van der Waals surface area contributed by atoms with Crippen LogP contribution in [0.1, 0.15) is 24.0 Å². The van der Waals surface area contributed by atoms with Gasteiger partial charge in [-0.15, -0.1) is 0 Å². The van der Waals surface area contributed by atoms with Crippen molar-refractivity contribution in [2.75, 3.05) is 20.1 Å². The zero-order chi connectivity index (χ0) is 11.2. The number of rotatable bonds is 0. The smallest absolute Gasteiger partial charge is 0.0499 e. The lowest BCUT2D eigenvalue weighted by molar-refractivity contribution is 0.0961. The van der Waals surface area contributed by atoms with Crippen LogP contribution in [0.15, 0.2) is 22.7 Å². The summed E-state index contributed by atoms with van der Waals surface area (Å²) in [4.78, 5) is 2.53. The van der Waals surface area contributed by atoms with Crippen LogP contribution in [0.5, 0.6) is 0 Å². The second-order valence-electron chi connectivity index (χ2n) is 4.91. The summed E-state index contributed by atoms with van der Waals surface area (Å²) in [6.45, 7) is 3.35. The van der Waals surface area contributed by atoms with Gasteiger partial charge in [0, 0.05) is 16.6 Å². The fourth-order valence-corrected chi connectivity index (χ4v) is 4.07. The van der Waals surface area contributed by atoms with E-state index in [1.54, 1.807) is 5.56 Å². The van der Waals surface area contributed by atoms with Gasteiger partial charge in [-0.1, -0.05) is 28.1 Å². The van der Waals surface area contributed by atoms with Gasteiger partial charge >= 0.3 is 0 Å². The van der Waals surface area contributed by atoms with Gasteiger partial charge in [-0.3, -0.25) is 4.90 Å². The number of benzene rings is 1. The Morgan fingerprint density at radius 2 is 2.06 bits per heavy atom. The Morgan fingerprint density at radius 1 is 1.31 bits per heavy atom. The maximum atomic E-state index is 3.74. The van der Waals surface area contributed by atoms with E-state index in [1.165, 1.54) is 22.9 Å². The molecule has 1 fully saturated rings. The van der Waals surface area contributed by atoms with Gasteiger partial charge < -0.3 is 5.32 Å². The summed E-state index contributed by atoms with van der Waals surface area (Å²) < 4.78 is 1.29. The van der Waals surface area contributed by atoms with E-state index in [0.717, 1.165) is 19.6 Å². The summed E-state index contributed by atoms with van der Waals surface area (Å²) in [5, 5.41) is 3.46. The van der Waals surface area contributed by atoms with Crippen molar-refractivity contribution >= 4 is 15.9 Å². The minimum absolute atomic E-state index is 0.278. The fraction of sp³-hybridized carbons (Fsp3) is 0.538. The summed E-state index contributed by atoms with van der Waals surface area (Å²) in [5.41, 5.74) is 3.32. The molecule has 1 N–H and O–H groups in total. The minimum atomic E-state index is 0.278. The van der Waals surface area contributed by atoms with Crippen LogP contribution in [-0.2, 0) is 12.1 Å². The van der Waals surface area contributed by atoms with E-state index >= 15 is 0 Å². The molecule has 1 spiro atoms. The number of fused-ring (bicyclic) bond motifs is 2. The Morgan fingerprint density at radius 3 is 2.81 bits per heavy atom. The number of halogens is 1. The van der Waals surface area contributed by atoms with Gasteiger partial charge in [0.2, 0.25) is 0 Å². The highest BCUT2D eigenvalue weighted by atomic mass is 79.9. The molecule has 0 radical (unpaired) electrons. The Kier molecular flexibility index (Phi) is 2.57. The van der Waals surface area contributed by atoms with Gasteiger partial charge in [0.1, 0.15) is 0 Å². The predicted molar refractivity (Wildman–Crippen MR) is 69.4 cm³/mol. The molecule has 16 heavy (non-hydrogen) atoms. The molecule has 1 aromatic rings. The fourth-order valence-electron chi connectivity index (χ4n) is 3.29. The third-order valence-corrected chi connectivity index (χ3v) is 4.80.